The molecule has 0 saturated carbocycles. The van der Waals surface area contributed by atoms with Crippen molar-refractivity contribution in [2.75, 3.05) is 0 Å². The average molecular weight is 290 g/mol. The number of aliphatic carboxylic acids is 1. The molecule has 0 amide bonds. The van der Waals surface area contributed by atoms with Crippen molar-refractivity contribution in [1.82, 2.24) is 4.98 Å². The van der Waals surface area contributed by atoms with E-state index in [0.29, 0.717) is 16.1 Å². The Morgan fingerprint density at radius 3 is 2.50 bits per heavy atom. The minimum atomic E-state index is -1.24. The summed E-state index contributed by atoms with van der Waals surface area (Å²) in [5.74, 6) is -1.18. The zero-order valence-corrected chi connectivity index (χ0v) is 11.2. The van der Waals surface area contributed by atoms with Gasteiger partial charge >= 0.3 is 5.97 Å². The molecule has 2 N–H and O–H groups in total. The van der Waals surface area contributed by atoms with Gasteiger partial charge in [-0.25, -0.2) is 4.79 Å². The number of hydrogen-bond donors (Lipinski definition) is 2. The lowest BCUT2D eigenvalue weighted by Gasteiger charge is -2.11. The monoisotopic (exact) mass is 289 g/mol. The van der Waals surface area contributed by atoms with E-state index in [9.17, 15) is 15.0 Å². The summed E-state index contributed by atoms with van der Waals surface area (Å²) in [6, 6.07) is 9.94. The molecule has 0 aliphatic rings. The number of benzene rings is 1. The Hall–Kier alpha value is -2.17. The van der Waals surface area contributed by atoms with E-state index < -0.39 is 12.1 Å². The maximum atomic E-state index is 11.3. The Morgan fingerprint density at radius 1 is 1.25 bits per heavy atom. The molecule has 0 saturated heterocycles. The van der Waals surface area contributed by atoms with Gasteiger partial charge in [-0.05, 0) is 29.8 Å². The van der Waals surface area contributed by atoms with Crippen molar-refractivity contribution in [2.45, 2.75) is 6.10 Å². The van der Waals surface area contributed by atoms with Crippen molar-refractivity contribution >= 4 is 23.6 Å². The van der Waals surface area contributed by atoms with Gasteiger partial charge in [-0.3, -0.25) is 4.98 Å². The molecule has 0 spiro atoms. The standard InChI is InChI=1S/C15H12ClNO3/c16-12-5-3-10(4-6-12)8-13(15(19)20)14(18)11-2-1-7-17-9-11/h1-9,14,18H,(H,19,20). The summed E-state index contributed by atoms with van der Waals surface area (Å²) < 4.78 is 0. The first-order chi connectivity index (χ1) is 9.58. The summed E-state index contributed by atoms with van der Waals surface area (Å²) in [5.41, 5.74) is 0.949. The number of carboxylic acids is 1. The predicted molar refractivity (Wildman–Crippen MR) is 76.3 cm³/mol. The molecule has 0 fully saturated rings. The van der Waals surface area contributed by atoms with Crippen LogP contribution in [0.25, 0.3) is 6.08 Å². The first kappa shape index (κ1) is 14.2. The average Bonchev–Trinajstić information content (AvgIpc) is 2.46. The highest BCUT2D eigenvalue weighted by molar-refractivity contribution is 6.30. The number of nitrogens with zero attached hydrogens (tertiary/aromatic N) is 1. The van der Waals surface area contributed by atoms with Gasteiger partial charge in [-0.2, -0.15) is 0 Å². The molecule has 0 radical (unpaired) electrons. The summed E-state index contributed by atoms with van der Waals surface area (Å²) in [4.78, 5) is 15.2. The minimum absolute atomic E-state index is 0.125. The maximum absolute atomic E-state index is 11.3. The lowest BCUT2D eigenvalue weighted by molar-refractivity contribution is -0.133. The van der Waals surface area contributed by atoms with Crippen LogP contribution in [0, 0.1) is 0 Å². The number of hydrogen-bond acceptors (Lipinski definition) is 3. The van der Waals surface area contributed by atoms with Crippen LogP contribution in [0.1, 0.15) is 17.2 Å². The molecule has 0 aliphatic carbocycles. The predicted octanol–water partition coefficient (Wildman–Crippen LogP) is 2.94. The molecule has 5 heteroatoms. The molecule has 102 valence electrons. The van der Waals surface area contributed by atoms with Gasteiger partial charge < -0.3 is 10.2 Å². The Labute approximate surface area is 121 Å². The summed E-state index contributed by atoms with van der Waals surface area (Å²) in [6.07, 6.45) is 3.16. The molecule has 1 heterocycles. The molecule has 4 nitrogen and oxygen atoms in total. The molecule has 0 bridgehead atoms. The Bertz CT molecular complexity index is 623. The molecule has 20 heavy (non-hydrogen) atoms. The molecule has 0 aliphatic heterocycles. The highest BCUT2D eigenvalue weighted by Crippen LogP contribution is 2.23. The van der Waals surface area contributed by atoms with Crippen LogP contribution in [-0.4, -0.2) is 21.2 Å². The Morgan fingerprint density at radius 2 is 1.95 bits per heavy atom. The molecule has 1 atom stereocenters. The van der Waals surface area contributed by atoms with Crippen LogP contribution in [0.3, 0.4) is 0 Å². The number of aliphatic hydroxyl groups is 1. The van der Waals surface area contributed by atoms with Crippen LogP contribution >= 0.6 is 11.6 Å². The second-order valence-electron chi connectivity index (χ2n) is 4.15. The van der Waals surface area contributed by atoms with Gasteiger partial charge in [0.1, 0.15) is 6.10 Å². The van der Waals surface area contributed by atoms with Gasteiger partial charge in [-0.15, -0.1) is 0 Å². The van der Waals surface area contributed by atoms with Crippen LogP contribution in [0.5, 0.6) is 0 Å². The number of carbonyl (C=O) groups is 1. The first-order valence-electron chi connectivity index (χ1n) is 5.86. The number of pyridine rings is 1. The summed E-state index contributed by atoms with van der Waals surface area (Å²) in [6.45, 7) is 0. The van der Waals surface area contributed by atoms with E-state index in [0.717, 1.165) is 0 Å². The fourth-order valence-corrected chi connectivity index (χ4v) is 1.84. The minimum Gasteiger partial charge on any atom is -0.478 e. The van der Waals surface area contributed by atoms with Gasteiger partial charge in [0.05, 0.1) is 5.57 Å². The number of aromatic nitrogens is 1. The topological polar surface area (TPSA) is 70.4 Å². The van der Waals surface area contributed by atoms with E-state index in [1.54, 1.807) is 42.6 Å². The molecule has 2 aromatic rings. The fraction of sp³-hybridized carbons (Fsp3) is 0.0667. The largest absolute Gasteiger partial charge is 0.478 e. The number of rotatable bonds is 4. The smallest absolute Gasteiger partial charge is 0.334 e. The zero-order chi connectivity index (χ0) is 14.5. The third-order valence-corrected chi connectivity index (χ3v) is 2.99. The normalized spacial score (nSPS) is 13.0. The van der Waals surface area contributed by atoms with E-state index in [2.05, 4.69) is 4.98 Å². The van der Waals surface area contributed by atoms with E-state index in [1.165, 1.54) is 12.3 Å². The fourth-order valence-electron chi connectivity index (χ4n) is 1.71. The van der Waals surface area contributed by atoms with Gasteiger partial charge in [-0.1, -0.05) is 29.8 Å². The highest BCUT2D eigenvalue weighted by atomic mass is 35.5. The number of aliphatic hydroxyl groups excluding tert-OH is 1. The molecular formula is C15H12ClNO3. The van der Waals surface area contributed by atoms with E-state index in [1.807, 2.05) is 0 Å². The van der Waals surface area contributed by atoms with Crippen molar-refractivity contribution in [3.63, 3.8) is 0 Å². The molecule has 2 rings (SSSR count). The van der Waals surface area contributed by atoms with Crippen LogP contribution < -0.4 is 0 Å². The van der Waals surface area contributed by atoms with Crippen LogP contribution in [0.2, 0.25) is 5.02 Å². The van der Waals surface area contributed by atoms with Gasteiger partial charge in [0.15, 0.2) is 0 Å². The van der Waals surface area contributed by atoms with Gasteiger partial charge in [0.25, 0.3) is 0 Å². The van der Waals surface area contributed by atoms with Crippen LogP contribution in [0.4, 0.5) is 0 Å². The van der Waals surface area contributed by atoms with Crippen LogP contribution in [-0.2, 0) is 4.79 Å². The molecule has 1 unspecified atom stereocenters. The van der Waals surface area contributed by atoms with Crippen molar-refractivity contribution in [3.05, 3.63) is 70.5 Å². The number of carboxylic acid groups (broad SMARTS) is 1. The molecule has 1 aromatic carbocycles. The Balaban J connectivity index is 2.36. The van der Waals surface area contributed by atoms with Crippen molar-refractivity contribution in [2.24, 2.45) is 0 Å². The maximum Gasteiger partial charge on any atom is 0.334 e. The van der Waals surface area contributed by atoms with Gasteiger partial charge in [0, 0.05) is 23.0 Å². The second-order valence-corrected chi connectivity index (χ2v) is 4.58. The van der Waals surface area contributed by atoms with Crippen molar-refractivity contribution in [3.8, 4) is 0 Å². The third-order valence-electron chi connectivity index (χ3n) is 2.73. The third kappa shape index (κ3) is 3.44. The SMILES string of the molecule is O=C(O)C(=Cc1ccc(Cl)cc1)C(O)c1cccnc1. The number of halogens is 1. The summed E-state index contributed by atoms with van der Waals surface area (Å²) in [5, 5.41) is 20.0. The second kappa shape index (κ2) is 6.32. The van der Waals surface area contributed by atoms with Crippen molar-refractivity contribution in [1.29, 1.82) is 0 Å². The molecular weight excluding hydrogens is 278 g/mol. The first-order valence-corrected chi connectivity index (χ1v) is 6.24. The van der Waals surface area contributed by atoms with E-state index in [-0.39, 0.29) is 5.57 Å². The van der Waals surface area contributed by atoms with Gasteiger partial charge in [0.2, 0.25) is 0 Å². The lowest BCUT2D eigenvalue weighted by Crippen LogP contribution is -2.11. The van der Waals surface area contributed by atoms with E-state index >= 15 is 0 Å². The van der Waals surface area contributed by atoms with Crippen LogP contribution in [0.15, 0.2) is 54.4 Å². The summed E-state index contributed by atoms with van der Waals surface area (Å²) in [7, 11) is 0. The Kier molecular flexibility index (Phi) is 4.50. The lowest BCUT2D eigenvalue weighted by atomic mass is 10.0. The summed E-state index contributed by atoms with van der Waals surface area (Å²) >= 11 is 5.77. The quantitative estimate of drug-likeness (QED) is 0.849. The van der Waals surface area contributed by atoms with E-state index in [4.69, 9.17) is 11.6 Å². The molecule has 1 aromatic heterocycles. The van der Waals surface area contributed by atoms with Crippen molar-refractivity contribution < 1.29 is 15.0 Å². The highest BCUT2D eigenvalue weighted by Gasteiger charge is 2.20. The zero-order valence-electron chi connectivity index (χ0n) is 10.4.